The highest BCUT2D eigenvalue weighted by Crippen LogP contribution is 2.38. The van der Waals surface area contributed by atoms with Gasteiger partial charge in [0.05, 0.1) is 20.5 Å². The number of nitrogens with one attached hydrogen (secondary N) is 1. The molecule has 114 valence electrons. The Bertz CT molecular complexity index is 602. The Kier molecular flexibility index (Phi) is 4.44. The van der Waals surface area contributed by atoms with E-state index in [4.69, 9.17) is 23.2 Å². The lowest BCUT2D eigenvalue weighted by Gasteiger charge is -2.27. The average Bonchev–Trinajstić information content (AvgIpc) is 2.71. The zero-order chi connectivity index (χ0) is 15.8. The van der Waals surface area contributed by atoms with Crippen LogP contribution in [-0.2, 0) is 0 Å². The number of hydrogen-bond donors (Lipinski definition) is 1. The van der Waals surface area contributed by atoms with Gasteiger partial charge >= 0.3 is 0 Å². The SMILES string of the molecule is CC1(C)CCCC1NC(=O)c1cc([N+](=O)[O-])cc(Cl)c1Cl. The van der Waals surface area contributed by atoms with Crippen LogP contribution in [0.25, 0.3) is 0 Å². The molecule has 21 heavy (non-hydrogen) atoms. The number of non-ortho nitro benzene ring substituents is 1. The van der Waals surface area contributed by atoms with Gasteiger partial charge in [0.25, 0.3) is 11.6 Å². The fourth-order valence-corrected chi connectivity index (χ4v) is 3.08. The molecule has 0 aromatic heterocycles. The monoisotopic (exact) mass is 330 g/mol. The third kappa shape index (κ3) is 3.30. The normalized spacial score (nSPS) is 20.3. The minimum absolute atomic E-state index is 0.00157. The summed E-state index contributed by atoms with van der Waals surface area (Å²) in [5.74, 6) is -0.425. The molecule has 1 aliphatic rings. The van der Waals surface area contributed by atoms with E-state index in [0.29, 0.717) is 0 Å². The Balaban J connectivity index is 2.29. The Hall–Kier alpha value is -1.33. The Labute approximate surface area is 132 Å². The van der Waals surface area contributed by atoms with Crippen LogP contribution >= 0.6 is 23.2 Å². The molecule has 1 fully saturated rings. The first-order chi connectivity index (χ1) is 9.72. The molecular formula is C14H16Cl2N2O3. The van der Waals surface area contributed by atoms with Crippen LogP contribution in [0.5, 0.6) is 0 Å². The minimum Gasteiger partial charge on any atom is -0.349 e. The van der Waals surface area contributed by atoms with Gasteiger partial charge < -0.3 is 5.32 Å². The van der Waals surface area contributed by atoms with Gasteiger partial charge in [0, 0.05) is 18.2 Å². The summed E-state index contributed by atoms with van der Waals surface area (Å²) in [6.45, 7) is 4.18. The summed E-state index contributed by atoms with van der Waals surface area (Å²) in [6, 6.07) is 2.32. The molecular weight excluding hydrogens is 315 g/mol. The van der Waals surface area contributed by atoms with Gasteiger partial charge in [0.2, 0.25) is 0 Å². The molecule has 0 saturated heterocycles. The van der Waals surface area contributed by atoms with E-state index in [-0.39, 0.29) is 32.8 Å². The van der Waals surface area contributed by atoms with Gasteiger partial charge in [-0.15, -0.1) is 0 Å². The van der Waals surface area contributed by atoms with Crippen LogP contribution in [0.15, 0.2) is 12.1 Å². The summed E-state index contributed by atoms with van der Waals surface area (Å²) in [6.07, 6.45) is 2.96. The van der Waals surface area contributed by atoms with Crippen molar-refractivity contribution in [3.63, 3.8) is 0 Å². The fraction of sp³-hybridized carbons (Fsp3) is 0.500. The van der Waals surface area contributed by atoms with Gasteiger partial charge in [-0.3, -0.25) is 14.9 Å². The second-order valence-electron chi connectivity index (χ2n) is 5.95. The van der Waals surface area contributed by atoms with Crippen molar-refractivity contribution in [3.8, 4) is 0 Å². The van der Waals surface area contributed by atoms with Crippen molar-refractivity contribution in [3.05, 3.63) is 37.9 Å². The smallest absolute Gasteiger partial charge is 0.271 e. The second kappa shape index (κ2) is 5.81. The van der Waals surface area contributed by atoms with Crippen molar-refractivity contribution in [2.45, 2.75) is 39.2 Å². The number of halogens is 2. The molecule has 0 bridgehead atoms. The molecule has 2 rings (SSSR count). The Morgan fingerprint density at radius 3 is 2.62 bits per heavy atom. The quantitative estimate of drug-likeness (QED) is 0.666. The average molecular weight is 331 g/mol. The Morgan fingerprint density at radius 2 is 2.10 bits per heavy atom. The number of hydrogen-bond acceptors (Lipinski definition) is 3. The van der Waals surface area contributed by atoms with Crippen molar-refractivity contribution in [2.24, 2.45) is 5.41 Å². The van der Waals surface area contributed by atoms with E-state index in [1.54, 1.807) is 0 Å². The van der Waals surface area contributed by atoms with Crippen molar-refractivity contribution < 1.29 is 9.72 Å². The maximum Gasteiger partial charge on any atom is 0.271 e. The van der Waals surface area contributed by atoms with E-state index in [1.807, 2.05) is 0 Å². The highest BCUT2D eigenvalue weighted by molar-refractivity contribution is 6.44. The fourth-order valence-electron chi connectivity index (χ4n) is 2.68. The zero-order valence-corrected chi connectivity index (χ0v) is 13.3. The zero-order valence-electron chi connectivity index (χ0n) is 11.8. The van der Waals surface area contributed by atoms with E-state index in [1.165, 1.54) is 0 Å². The van der Waals surface area contributed by atoms with Crippen molar-refractivity contribution in [2.75, 3.05) is 0 Å². The number of carbonyl (C=O) groups excluding carboxylic acids is 1. The van der Waals surface area contributed by atoms with Crippen molar-refractivity contribution in [1.29, 1.82) is 0 Å². The summed E-state index contributed by atoms with van der Waals surface area (Å²) in [7, 11) is 0. The number of nitrogens with zero attached hydrogens (tertiary/aromatic N) is 1. The lowest BCUT2D eigenvalue weighted by molar-refractivity contribution is -0.384. The minimum atomic E-state index is -0.599. The molecule has 1 N–H and O–H groups in total. The molecule has 0 radical (unpaired) electrons. The number of nitro groups is 1. The molecule has 0 heterocycles. The maximum absolute atomic E-state index is 12.4. The van der Waals surface area contributed by atoms with Crippen LogP contribution in [0.2, 0.25) is 10.0 Å². The van der Waals surface area contributed by atoms with E-state index >= 15 is 0 Å². The number of benzene rings is 1. The van der Waals surface area contributed by atoms with E-state index in [2.05, 4.69) is 19.2 Å². The van der Waals surface area contributed by atoms with Gasteiger partial charge in [-0.25, -0.2) is 0 Å². The van der Waals surface area contributed by atoms with Crippen LogP contribution in [0.1, 0.15) is 43.5 Å². The molecule has 1 aliphatic carbocycles. The van der Waals surface area contributed by atoms with Crippen LogP contribution in [0.3, 0.4) is 0 Å². The summed E-state index contributed by atoms with van der Waals surface area (Å²) in [4.78, 5) is 22.6. The molecule has 0 aliphatic heterocycles. The highest BCUT2D eigenvalue weighted by atomic mass is 35.5. The number of carbonyl (C=O) groups is 1. The molecule has 1 unspecified atom stereocenters. The summed E-state index contributed by atoms with van der Waals surface area (Å²) >= 11 is 11.9. The third-order valence-corrected chi connectivity index (χ3v) is 4.83. The first-order valence-electron chi connectivity index (χ1n) is 6.66. The first kappa shape index (κ1) is 16.0. The molecule has 1 amide bonds. The Morgan fingerprint density at radius 1 is 1.43 bits per heavy atom. The van der Waals surface area contributed by atoms with Crippen LogP contribution in [-0.4, -0.2) is 16.9 Å². The van der Waals surface area contributed by atoms with Crippen LogP contribution in [0, 0.1) is 15.5 Å². The summed E-state index contributed by atoms with van der Waals surface area (Å²) in [5, 5.41) is 13.8. The second-order valence-corrected chi connectivity index (χ2v) is 6.74. The van der Waals surface area contributed by atoms with Gasteiger partial charge in [-0.1, -0.05) is 43.5 Å². The number of rotatable bonds is 3. The molecule has 1 aromatic rings. The predicted octanol–water partition coefficient (Wildman–Crippen LogP) is 4.21. The largest absolute Gasteiger partial charge is 0.349 e. The van der Waals surface area contributed by atoms with Gasteiger partial charge in [0.15, 0.2) is 0 Å². The van der Waals surface area contributed by atoms with Crippen LogP contribution in [0.4, 0.5) is 5.69 Å². The number of amides is 1. The first-order valence-corrected chi connectivity index (χ1v) is 7.42. The predicted molar refractivity (Wildman–Crippen MR) is 82.0 cm³/mol. The number of nitro benzene ring substituents is 1. The van der Waals surface area contributed by atoms with Gasteiger partial charge in [-0.05, 0) is 18.3 Å². The summed E-state index contributed by atoms with van der Waals surface area (Å²) in [5.41, 5.74) is -0.203. The van der Waals surface area contributed by atoms with Crippen molar-refractivity contribution >= 4 is 34.8 Å². The highest BCUT2D eigenvalue weighted by Gasteiger charge is 2.36. The topological polar surface area (TPSA) is 72.2 Å². The lowest BCUT2D eigenvalue weighted by Crippen LogP contribution is -2.41. The van der Waals surface area contributed by atoms with Gasteiger partial charge in [0.1, 0.15) is 0 Å². The third-order valence-electron chi connectivity index (χ3n) is 4.03. The lowest BCUT2D eigenvalue weighted by atomic mass is 9.87. The van der Waals surface area contributed by atoms with Gasteiger partial charge in [-0.2, -0.15) is 0 Å². The molecule has 1 aromatic carbocycles. The van der Waals surface area contributed by atoms with Crippen LogP contribution < -0.4 is 5.32 Å². The van der Waals surface area contributed by atoms with Crippen molar-refractivity contribution in [1.82, 2.24) is 5.32 Å². The molecule has 1 atom stereocenters. The molecule has 5 nitrogen and oxygen atoms in total. The summed E-state index contributed by atoms with van der Waals surface area (Å²) < 4.78 is 0. The molecule has 0 spiro atoms. The standard InChI is InChI=1S/C14H16Cl2N2O3/c1-14(2)5-3-4-11(14)17-13(19)9-6-8(18(20)21)7-10(15)12(9)16/h6-7,11H,3-5H2,1-2H3,(H,17,19). The molecule has 7 heteroatoms. The molecule has 1 saturated carbocycles. The van der Waals surface area contributed by atoms with E-state index < -0.39 is 10.8 Å². The maximum atomic E-state index is 12.4. The van der Waals surface area contributed by atoms with E-state index in [9.17, 15) is 14.9 Å². The van der Waals surface area contributed by atoms with E-state index in [0.717, 1.165) is 31.4 Å².